The van der Waals surface area contributed by atoms with Crippen LogP contribution in [0.15, 0.2) is 42.7 Å². The lowest BCUT2D eigenvalue weighted by Crippen LogP contribution is -2.27. The zero-order valence-corrected chi connectivity index (χ0v) is 14.4. The van der Waals surface area contributed by atoms with Crippen molar-refractivity contribution >= 4 is 0 Å². The zero-order chi connectivity index (χ0) is 18.4. The summed E-state index contributed by atoms with van der Waals surface area (Å²) < 4.78 is 34.4. The van der Waals surface area contributed by atoms with Crippen molar-refractivity contribution in [1.82, 2.24) is 20.2 Å². The molecule has 3 aromatic rings. The van der Waals surface area contributed by atoms with Crippen molar-refractivity contribution in [2.75, 3.05) is 0 Å². The lowest BCUT2D eigenvalue weighted by molar-refractivity contribution is -0.0596. The van der Waals surface area contributed by atoms with E-state index in [4.69, 9.17) is 4.74 Å². The van der Waals surface area contributed by atoms with Gasteiger partial charge in [-0.2, -0.15) is 5.10 Å². The van der Waals surface area contributed by atoms with Gasteiger partial charge in [-0.3, -0.25) is 0 Å². The van der Waals surface area contributed by atoms with E-state index >= 15 is 0 Å². The third-order valence-electron chi connectivity index (χ3n) is 5.48. The average Bonchev–Trinajstić information content (AvgIpc) is 3.25. The Morgan fingerprint density at radius 1 is 1.07 bits per heavy atom. The minimum absolute atomic E-state index is 0.136. The molecule has 1 fully saturated rings. The molecule has 0 saturated heterocycles. The van der Waals surface area contributed by atoms with Crippen molar-refractivity contribution in [3.05, 3.63) is 71.4 Å². The summed E-state index contributed by atoms with van der Waals surface area (Å²) >= 11 is 0. The Morgan fingerprint density at radius 3 is 2.63 bits per heavy atom. The molecule has 2 atom stereocenters. The van der Waals surface area contributed by atoms with Crippen LogP contribution in [-0.4, -0.2) is 20.2 Å². The number of fused-ring (bicyclic) bond motifs is 5. The molecule has 5 nitrogen and oxygen atoms in total. The first kappa shape index (κ1) is 16.4. The molecule has 2 aromatic heterocycles. The zero-order valence-electron chi connectivity index (χ0n) is 14.4. The first-order chi connectivity index (χ1) is 13.2. The van der Waals surface area contributed by atoms with E-state index in [1.165, 1.54) is 18.2 Å². The summed E-state index contributed by atoms with van der Waals surface area (Å²) in [6.07, 6.45) is 5.96. The lowest BCUT2D eigenvalue weighted by Gasteiger charge is -2.27. The molecule has 0 unspecified atom stereocenters. The van der Waals surface area contributed by atoms with Gasteiger partial charge in [0.1, 0.15) is 23.8 Å². The van der Waals surface area contributed by atoms with Gasteiger partial charge in [0.25, 0.3) is 0 Å². The van der Waals surface area contributed by atoms with Crippen LogP contribution in [0.2, 0.25) is 0 Å². The van der Waals surface area contributed by atoms with Crippen molar-refractivity contribution in [3.8, 4) is 11.3 Å². The molecule has 0 aliphatic heterocycles. The second kappa shape index (κ2) is 6.13. The van der Waals surface area contributed by atoms with Gasteiger partial charge in [-0.1, -0.05) is 6.07 Å². The van der Waals surface area contributed by atoms with E-state index in [0.29, 0.717) is 12.4 Å². The van der Waals surface area contributed by atoms with Crippen molar-refractivity contribution in [2.45, 2.75) is 37.4 Å². The summed E-state index contributed by atoms with van der Waals surface area (Å²) in [6.45, 7) is 0.290. The summed E-state index contributed by atoms with van der Waals surface area (Å²) in [4.78, 5) is 8.38. The van der Waals surface area contributed by atoms with Gasteiger partial charge in [-0.05, 0) is 55.0 Å². The quantitative estimate of drug-likeness (QED) is 0.701. The highest BCUT2D eigenvalue weighted by molar-refractivity contribution is 5.62. The highest BCUT2D eigenvalue weighted by atomic mass is 19.1. The molecule has 0 spiro atoms. The smallest absolute Gasteiger partial charge is 0.153 e. The molecule has 2 aliphatic rings. The Bertz CT molecular complexity index is 994. The standard InChI is InChI=1S/C20H16F2N4O/c21-14-3-1-4-15(22)18(14)16-9-13-12-5-6-20(10-12,19(13)26-25-16)27-11-17-23-7-2-8-24-17/h1-4,7-9,12H,5-6,10-11H2/t12-,20-/m1/s1. The van der Waals surface area contributed by atoms with Gasteiger partial charge in [0.2, 0.25) is 0 Å². The number of aromatic nitrogens is 4. The molecular weight excluding hydrogens is 350 g/mol. The second-order valence-electron chi connectivity index (χ2n) is 7.02. The molecule has 2 bridgehead atoms. The van der Waals surface area contributed by atoms with E-state index in [1.54, 1.807) is 24.5 Å². The second-order valence-corrected chi connectivity index (χ2v) is 7.02. The van der Waals surface area contributed by atoms with Crippen LogP contribution in [0.25, 0.3) is 11.3 Å². The van der Waals surface area contributed by atoms with E-state index in [-0.39, 0.29) is 17.2 Å². The molecule has 1 aromatic carbocycles. The Morgan fingerprint density at radius 2 is 1.85 bits per heavy atom. The Hall–Kier alpha value is -2.80. The van der Waals surface area contributed by atoms with Gasteiger partial charge in [-0.15, -0.1) is 5.10 Å². The number of ether oxygens (including phenoxy) is 1. The van der Waals surface area contributed by atoms with E-state index in [9.17, 15) is 8.78 Å². The number of halogens is 2. The van der Waals surface area contributed by atoms with Crippen molar-refractivity contribution in [3.63, 3.8) is 0 Å². The molecule has 1 saturated carbocycles. The van der Waals surface area contributed by atoms with Crippen LogP contribution in [-0.2, 0) is 16.9 Å². The fourth-order valence-corrected chi connectivity index (χ4v) is 4.23. The maximum atomic E-state index is 14.1. The minimum atomic E-state index is -0.639. The monoisotopic (exact) mass is 366 g/mol. The van der Waals surface area contributed by atoms with Gasteiger partial charge in [0.05, 0.1) is 17.0 Å². The van der Waals surface area contributed by atoms with Gasteiger partial charge in [-0.25, -0.2) is 18.7 Å². The first-order valence-electron chi connectivity index (χ1n) is 8.89. The molecule has 136 valence electrons. The number of nitrogens with zero attached hydrogens (tertiary/aromatic N) is 4. The van der Waals surface area contributed by atoms with Gasteiger partial charge >= 0.3 is 0 Å². The SMILES string of the molecule is Fc1cccc(F)c1-c1cc2c(nn1)[C@@]1(OCc3ncccn3)CC[C@@H]2C1. The molecule has 2 heterocycles. The predicted octanol–water partition coefficient (Wildman–Crippen LogP) is 3.91. The Balaban J connectivity index is 1.49. The first-order valence-corrected chi connectivity index (χ1v) is 8.89. The third kappa shape index (κ3) is 2.61. The Labute approximate surface area is 154 Å². The highest BCUT2D eigenvalue weighted by Gasteiger charge is 2.52. The molecule has 5 rings (SSSR count). The number of rotatable bonds is 4. The van der Waals surface area contributed by atoms with E-state index < -0.39 is 17.2 Å². The Kier molecular flexibility index (Phi) is 3.72. The number of benzene rings is 1. The maximum Gasteiger partial charge on any atom is 0.153 e. The van der Waals surface area contributed by atoms with Gasteiger partial charge in [0.15, 0.2) is 5.82 Å². The van der Waals surface area contributed by atoms with Crippen molar-refractivity contribution < 1.29 is 13.5 Å². The molecule has 27 heavy (non-hydrogen) atoms. The van der Waals surface area contributed by atoms with Crippen LogP contribution in [0.4, 0.5) is 8.78 Å². The summed E-state index contributed by atoms with van der Waals surface area (Å²) in [6, 6.07) is 7.31. The van der Waals surface area contributed by atoms with Crippen LogP contribution < -0.4 is 0 Å². The average molecular weight is 366 g/mol. The normalized spacial score (nSPS) is 22.8. The fraction of sp³-hybridized carbons (Fsp3) is 0.300. The van der Waals surface area contributed by atoms with E-state index in [1.807, 2.05) is 0 Å². The van der Waals surface area contributed by atoms with Crippen molar-refractivity contribution in [2.24, 2.45) is 0 Å². The predicted molar refractivity (Wildman–Crippen MR) is 92.5 cm³/mol. The molecule has 2 aliphatic carbocycles. The molecule has 0 amide bonds. The summed E-state index contributed by atoms with van der Waals surface area (Å²) in [5.41, 5.74) is 1.32. The largest absolute Gasteiger partial charge is 0.361 e. The summed E-state index contributed by atoms with van der Waals surface area (Å²) in [5.74, 6) is -0.401. The third-order valence-corrected chi connectivity index (χ3v) is 5.48. The van der Waals surface area contributed by atoms with E-state index in [0.717, 1.165) is 30.5 Å². The number of hydrogen-bond donors (Lipinski definition) is 0. The molecule has 0 N–H and O–H groups in total. The van der Waals surface area contributed by atoms with Crippen molar-refractivity contribution in [1.29, 1.82) is 0 Å². The lowest BCUT2D eigenvalue weighted by atomic mass is 9.93. The molecule has 7 heteroatoms. The van der Waals surface area contributed by atoms with Crippen LogP contribution in [0.1, 0.15) is 42.3 Å². The summed E-state index contributed by atoms with van der Waals surface area (Å²) in [5, 5.41) is 8.46. The summed E-state index contributed by atoms with van der Waals surface area (Å²) in [7, 11) is 0. The number of hydrogen-bond acceptors (Lipinski definition) is 5. The highest BCUT2D eigenvalue weighted by Crippen LogP contribution is 2.57. The van der Waals surface area contributed by atoms with E-state index in [2.05, 4.69) is 20.2 Å². The van der Waals surface area contributed by atoms with Crippen LogP contribution >= 0.6 is 0 Å². The van der Waals surface area contributed by atoms with Gasteiger partial charge in [0, 0.05) is 12.4 Å². The van der Waals surface area contributed by atoms with Crippen LogP contribution in [0.5, 0.6) is 0 Å². The van der Waals surface area contributed by atoms with Crippen LogP contribution in [0, 0.1) is 11.6 Å². The maximum absolute atomic E-state index is 14.1. The topological polar surface area (TPSA) is 60.8 Å². The minimum Gasteiger partial charge on any atom is -0.361 e. The van der Waals surface area contributed by atoms with Gasteiger partial charge < -0.3 is 4.74 Å². The molecule has 0 radical (unpaired) electrons. The fourth-order valence-electron chi connectivity index (χ4n) is 4.23. The van der Waals surface area contributed by atoms with Crippen LogP contribution in [0.3, 0.4) is 0 Å². The molecular formula is C20H16F2N4O.